The molecule has 0 aromatic rings. The lowest BCUT2D eigenvalue weighted by atomic mass is 10.4. The molecule has 0 atom stereocenters. The predicted molar refractivity (Wildman–Crippen MR) is 144 cm³/mol. The van der Waals surface area contributed by atoms with Gasteiger partial charge in [-0.15, -0.1) is 0 Å². The fourth-order valence-electron chi connectivity index (χ4n) is 2.67. The first-order chi connectivity index (χ1) is 18.8. The van der Waals surface area contributed by atoms with E-state index in [1.807, 2.05) is 13.8 Å². The monoisotopic (exact) mass is 556 g/mol. The highest BCUT2D eigenvalue weighted by molar-refractivity contribution is 4.40. The molecule has 0 aromatic carbocycles. The minimum absolute atomic E-state index is 0.236. The van der Waals surface area contributed by atoms with E-state index < -0.39 is 0 Å². The maximum atomic E-state index is 5.47. The van der Waals surface area contributed by atoms with Gasteiger partial charge in [-0.2, -0.15) is 0 Å². The van der Waals surface area contributed by atoms with E-state index in [1.165, 1.54) is 0 Å². The summed E-state index contributed by atoms with van der Waals surface area (Å²) >= 11 is 0. The zero-order valence-corrected chi connectivity index (χ0v) is 24.3. The van der Waals surface area contributed by atoms with Crippen LogP contribution in [0, 0.1) is 0 Å². The zero-order valence-electron chi connectivity index (χ0n) is 24.3. The van der Waals surface area contributed by atoms with Gasteiger partial charge in [-0.1, -0.05) is 13.3 Å². The van der Waals surface area contributed by atoms with E-state index in [0.29, 0.717) is 132 Å². The standard InChI is InChI=1S/C27H56O11/c1-4-5-6-28-7-8-29-9-10-30-11-12-31-13-14-32-15-16-33-17-18-34-19-20-35-21-22-36-23-24-37-25-26-38-27(2)3/h27H,4-26H2,1-3H3. The van der Waals surface area contributed by atoms with E-state index in [4.69, 9.17) is 52.1 Å². The van der Waals surface area contributed by atoms with Crippen molar-refractivity contribution in [1.82, 2.24) is 0 Å². The maximum absolute atomic E-state index is 5.47. The minimum Gasteiger partial charge on any atom is -0.379 e. The van der Waals surface area contributed by atoms with Gasteiger partial charge in [0, 0.05) is 6.61 Å². The van der Waals surface area contributed by atoms with Crippen LogP contribution in [0.15, 0.2) is 0 Å². The molecular weight excluding hydrogens is 500 g/mol. The summed E-state index contributed by atoms with van der Waals surface area (Å²) in [6.07, 6.45) is 2.48. The van der Waals surface area contributed by atoms with E-state index in [9.17, 15) is 0 Å². The Morgan fingerprint density at radius 1 is 0.316 bits per heavy atom. The highest BCUT2D eigenvalue weighted by Gasteiger charge is 1.96. The van der Waals surface area contributed by atoms with Gasteiger partial charge >= 0.3 is 0 Å². The summed E-state index contributed by atoms with van der Waals surface area (Å²) in [5, 5.41) is 0. The summed E-state index contributed by atoms with van der Waals surface area (Å²) in [5.41, 5.74) is 0. The van der Waals surface area contributed by atoms with E-state index in [-0.39, 0.29) is 6.10 Å². The molecule has 0 N–H and O–H groups in total. The average Bonchev–Trinajstić information content (AvgIpc) is 2.91. The van der Waals surface area contributed by atoms with Crippen LogP contribution in [0.2, 0.25) is 0 Å². The molecule has 11 nitrogen and oxygen atoms in total. The van der Waals surface area contributed by atoms with Crippen LogP contribution < -0.4 is 0 Å². The van der Waals surface area contributed by atoms with Gasteiger partial charge in [-0.05, 0) is 20.3 Å². The summed E-state index contributed by atoms with van der Waals surface area (Å²) in [5.74, 6) is 0. The molecule has 0 rings (SSSR count). The molecule has 0 fully saturated rings. The Morgan fingerprint density at radius 2 is 0.526 bits per heavy atom. The number of unbranched alkanes of at least 4 members (excludes halogenated alkanes) is 1. The molecule has 0 heterocycles. The molecule has 0 aliphatic heterocycles. The van der Waals surface area contributed by atoms with Crippen LogP contribution in [0.25, 0.3) is 0 Å². The van der Waals surface area contributed by atoms with Crippen LogP contribution in [-0.2, 0) is 52.1 Å². The molecule has 0 aromatic heterocycles. The molecular formula is C27H56O11. The normalized spacial score (nSPS) is 11.7. The topological polar surface area (TPSA) is 102 Å². The van der Waals surface area contributed by atoms with Crippen LogP contribution in [-0.4, -0.2) is 145 Å². The Balaban J connectivity index is 3.02. The number of hydrogen-bond donors (Lipinski definition) is 0. The summed E-state index contributed by atoms with van der Waals surface area (Å²) in [6, 6.07) is 0. The van der Waals surface area contributed by atoms with Crippen molar-refractivity contribution in [2.75, 3.05) is 139 Å². The highest BCUT2D eigenvalue weighted by atomic mass is 16.6. The fourth-order valence-corrected chi connectivity index (χ4v) is 2.67. The molecule has 11 heteroatoms. The van der Waals surface area contributed by atoms with Crippen LogP contribution in [0.3, 0.4) is 0 Å². The maximum Gasteiger partial charge on any atom is 0.0703 e. The second-order valence-corrected chi connectivity index (χ2v) is 8.40. The third kappa shape index (κ3) is 35.6. The molecule has 38 heavy (non-hydrogen) atoms. The van der Waals surface area contributed by atoms with Gasteiger partial charge in [0.2, 0.25) is 0 Å². The lowest BCUT2D eigenvalue weighted by molar-refractivity contribution is -0.0286. The molecule has 0 bridgehead atoms. The molecule has 230 valence electrons. The summed E-state index contributed by atoms with van der Waals surface area (Å²) in [6.45, 7) is 18.0. The molecule has 0 saturated carbocycles. The van der Waals surface area contributed by atoms with E-state index in [2.05, 4.69) is 6.92 Å². The smallest absolute Gasteiger partial charge is 0.0703 e. The quantitative estimate of drug-likeness (QED) is 0.109. The van der Waals surface area contributed by atoms with Crippen molar-refractivity contribution in [2.45, 2.75) is 39.7 Å². The van der Waals surface area contributed by atoms with Crippen molar-refractivity contribution in [3.8, 4) is 0 Å². The largest absolute Gasteiger partial charge is 0.379 e. The van der Waals surface area contributed by atoms with Gasteiger partial charge in [0.25, 0.3) is 0 Å². The molecule has 0 unspecified atom stereocenters. The predicted octanol–water partition coefficient (Wildman–Crippen LogP) is 2.38. The van der Waals surface area contributed by atoms with Crippen LogP contribution in [0.4, 0.5) is 0 Å². The minimum atomic E-state index is 0.236. The molecule has 0 aliphatic rings. The van der Waals surface area contributed by atoms with Gasteiger partial charge in [0.1, 0.15) is 0 Å². The van der Waals surface area contributed by atoms with E-state index in [1.54, 1.807) is 0 Å². The van der Waals surface area contributed by atoms with Gasteiger partial charge in [0.05, 0.1) is 138 Å². The third-order valence-corrected chi connectivity index (χ3v) is 4.67. The van der Waals surface area contributed by atoms with Crippen molar-refractivity contribution >= 4 is 0 Å². The van der Waals surface area contributed by atoms with Gasteiger partial charge in [0.15, 0.2) is 0 Å². The van der Waals surface area contributed by atoms with Crippen molar-refractivity contribution < 1.29 is 52.1 Å². The Labute approximate surface area is 230 Å². The van der Waals surface area contributed by atoms with Crippen LogP contribution >= 0.6 is 0 Å². The molecule has 0 spiro atoms. The van der Waals surface area contributed by atoms with Crippen molar-refractivity contribution in [3.05, 3.63) is 0 Å². The SMILES string of the molecule is CCCCOCCOCCOCCOCCOCCOCCOCCOCCOCCOCCOC(C)C. The second kappa shape index (κ2) is 34.6. The number of ether oxygens (including phenoxy) is 11. The lowest BCUT2D eigenvalue weighted by Crippen LogP contribution is -2.15. The number of rotatable bonds is 34. The molecule has 0 amide bonds. The summed E-state index contributed by atoms with van der Waals surface area (Å²) in [4.78, 5) is 0. The summed E-state index contributed by atoms with van der Waals surface area (Å²) in [7, 11) is 0. The summed E-state index contributed by atoms with van der Waals surface area (Å²) < 4.78 is 59.8. The average molecular weight is 557 g/mol. The Hall–Kier alpha value is -0.440. The highest BCUT2D eigenvalue weighted by Crippen LogP contribution is 1.90. The first kappa shape index (κ1) is 37.6. The molecule has 0 saturated heterocycles. The van der Waals surface area contributed by atoms with Crippen molar-refractivity contribution in [3.63, 3.8) is 0 Å². The Bertz CT molecular complexity index is 416. The Kier molecular flexibility index (Phi) is 34.2. The molecule has 0 aliphatic carbocycles. The zero-order chi connectivity index (χ0) is 27.6. The van der Waals surface area contributed by atoms with Crippen LogP contribution in [0.5, 0.6) is 0 Å². The van der Waals surface area contributed by atoms with Crippen molar-refractivity contribution in [2.24, 2.45) is 0 Å². The van der Waals surface area contributed by atoms with Crippen LogP contribution in [0.1, 0.15) is 33.6 Å². The second-order valence-electron chi connectivity index (χ2n) is 8.40. The van der Waals surface area contributed by atoms with Gasteiger partial charge < -0.3 is 52.1 Å². The molecule has 0 radical (unpaired) electrons. The first-order valence-corrected chi connectivity index (χ1v) is 14.2. The fraction of sp³-hybridized carbons (Fsp3) is 1.00. The number of hydrogen-bond acceptors (Lipinski definition) is 11. The lowest BCUT2D eigenvalue weighted by Gasteiger charge is -2.09. The third-order valence-electron chi connectivity index (χ3n) is 4.67. The first-order valence-electron chi connectivity index (χ1n) is 14.2. The van der Waals surface area contributed by atoms with Crippen molar-refractivity contribution in [1.29, 1.82) is 0 Å². The van der Waals surface area contributed by atoms with E-state index >= 15 is 0 Å². The Morgan fingerprint density at radius 3 is 0.737 bits per heavy atom. The van der Waals surface area contributed by atoms with Gasteiger partial charge in [-0.3, -0.25) is 0 Å². The van der Waals surface area contributed by atoms with Gasteiger partial charge in [-0.25, -0.2) is 0 Å². The van der Waals surface area contributed by atoms with E-state index in [0.717, 1.165) is 19.4 Å².